The van der Waals surface area contributed by atoms with Crippen LogP contribution in [-0.2, 0) is 40.0 Å². The summed E-state index contributed by atoms with van der Waals surface area (Å²) in [5.41, 5.74) is -0.198. The quantitative estimate of drug-likeness (QED) is 0.0937. The topological polar surface area (TPSA) is 105 Å². The molecule has 4 rings (SSSR count). The summed E-state index contributed by atoms with van der Waals surface area (Å²) in [7, 11) is 1.60. The van der Waals surface area contributed by atoms with E-state index in [4.69, 9.17) is 18.9 Å². The fourth-order valence-corrected chi connectivity index (χ4v) is 8.34. The molecule has 0 amide bonds. The molecule has 0 N–H and O–H groups in total. The monoisotopic (exact) mass is 582 g/mol. The van der Waals surface area contributed by atoms with E-state index in [9.17, 15) is 19.2 Å². The predicted octanol–water partition coefficient (Wildman–Crippen LogP) is 5.85. The molecule has 42 heavy (non-hydrogen) atoms. The zero-order valence-electron chi connectivity index (χ0n) is 25.9. The van der Waals surface area contributed by atoms with Gasteiger partial charge in [0.15, 0.2) is 0 Å². The second-order valence-corrected chi connectivity index (χ2v) is 12.8. The Bertz CT molecular complexity index is 1190. The standard InChI is InChI=1S/C34H46O8/c1-21(2)29-15-26-17-33(20-35,34(29,18-26)32(38)41-19-25-10-12-27(39-6)13-11-25)30-16-31(42-24(5)37)22(3)28(30)9-7-8-14-40-23(4)36/h10-13,15,20-22,26,28,30-31H,7-9,14,16-19H2,1-6H3. The van der Waals surface area contributed by atoms with Gasteiger partial charge in [0.25, 0.3) is 0 Å². The van der Waals surface area contributed by atoms with Gasteiger partial charge in [0.05, 0.1) is 13.7 Å². The van der Waals surface area contributed by atoms with E-state index in [1.165, 1.54) is 13.8 Å². The third-order valence-electron chi connectivity index (χ3n) is 10.1. The fourth-order valence-electron chi connectivity index (χ4n) is 8.34. The normalized spacial score (nSPS) is 31.5. The highest BCUT2D eigenvalue weighted by Crippen LogP contribution is 2.71. The van der Waals surface area contributed by atoms with Gasteiger partial charge < -0.3 is 23.7 Å². The Morgan fingerprint density at radius 3 is 2.33 bits per heavy atom. The van der Waals surface area contributed by atoms with Crippen LogP contribution < -0.4 is 4.74 Å². The molecule has 8 nitrogen and oxygen atoms in total. The molecule has 0 aliphatic heterocycles. The second-order valence-electron chi connectivity index (χ2n) is 12.8. The summed E-state index contributed by atoms with van der Waals surface area (Å²) in [6.07, 6.45) is 6.88. The Hall–Kier alpha value is -3.16. The van der Waals surface area contributed by atoms with Gasteiger partial charge in [0.2, 0.25) is 0 Å². The van der Waals surface area contributed by atoms with Crippen molar-refractivity contribution < 1.29 is 38.1 Å². The molecule has 2 saturated carbocycles. The summed E-state index contributed by atoms with van der Waals surface area (Å²) >= 11 is 0. The molecule has 1 aromatic carbocycles. The van der Waals surface area contributed by atoms with Crippen LogP contribution in [0.5, 0.6) is 5.75 Å². The molecule has 230 valence electrons. The number of aldehydes is 1. The highest BCUT2D eigenvalue weighted by Gasteiger charge is 2.72. The summed E-state index contributed by atoms with van der Waals surface area (Å²) in [6.45, 7) is 9.50. The summed E-state index contributed by atoms with van der Waals surface area (Å²) in [5.74, 6) is -0.195. The van der Waals surface area contributed by atoms with Gasteiger partial charge in [-0.2, -0.15) is 0 Å². The van der Waals surface area contributed by atoms with Gasteiger partial charge in [-0.3, -0.25) is 14.4 Å². The lowest BCUT2D eigenvalue weighted by Crippen LogP contribution is -2.53. The van der Waals surface area contributed by atoms with Crippen LogP contribution in [0.1, 0.15) is 78.7 Å². The number of carbonyl (C=O) groups is 4. The molecule has 1 aromatic rings. The molecular formula is C34H46O8. The molecule has 3 aliphatic carbocycles. The molecular weight excluding hydrogens is 536 g/mol. The average Bonchev–Trinajstić information content (AvgIpc) is 3.60. The molecule has 0 aromatic heterocycles. The minimum absolute atomic E-state index is 0.0161. The molecule has 0 radical (unpaired) electrons. The van der Waals surface area contributed by atoms with Crippen molar-refractivity contribution in [3.8, 4) is 5.75 Å². The van der Waals surface area contributed by atoms with Crippen molar-refractivity contribution in [2.75, 3.05) is 13.7 Å². The lowest BCUT2D eigenvalue weighted by molar-refractivity contribution is -0.167. The lowest BCUT2D eigenvalue weighted by Gasteiger charge is -2.49. The number of carbonyl (C=O) groups excluding carboxylic acids is 4. The first-order chi connectivity index (χ1) is 20.0. The van der Waals surface area contributed by atoms with E-state index < -0.39 is 10.8 Å². The zero-order chi connectivity index (χ0) is 30.7. The van der Waals surface area contributed by atoms with Crippen molar-refractivity contribution in [3.63, 3.8) is 0 Å². The molecule has 2 bridgehead atoms. The molecule has 7 atom stereocenters. The van der Waals surface area contributed by atoms with Crippen LogP contribution in [0.15, 0.2) is 35.9 Å². The summed E-state index contributed by atoms with van der Waals surface area (Å²) < 4.78 is 22.3. The number of hydrogen-bond acceptors (Lipinski definition) is 8. The van der Waals surface area contributed by atoms with Gasteiger partial charge in [-0.1, -0.05) is 44.6 Å². The highest BCUT2D eigenvalue weighted by atomic mass is 16.5. The van der Waals surface area contributed by atoms with E-state index in [1.807, 2.05) is 24.3 Å². The first-order valence-corrected chi connectivity index (χ1v) is 15.3. The van der Waals surface area contributed by atoms with E-state index in [-0.39, 0.29) is 60.2 Å². The van der Waals surface area contributed by atoms with Gasteiger partial charge in [-0.25, -0.2) is 0 Å². The summed E-state index contributed by atoms with van der Waals surface area (Å²) in [5, 5.41) is 0. The predicted molar refractivity (Wildman–Crippen MR) is 156 cm³/mol. The average molecular weight is 583 g/mol. The lowest BCUT2D eigenvalue weighted by atomic mass is 9.52. The highest BCUT2D eigenvalue weighted by molar-refractivity contribution is 5.89. The minimum atomic E-state index is -1.06. The third-order valence-corrected chi connectivity index (χ3v) is 10.1. The summed E-state index contributed by atoms with van der Waals surface area (Å²) in [4.78, 5) is 51.2. The number of rotatable bonds is 13. The molecule has 0 heterocycles. The molecule has 7 unspecified atom stereocenters. The zero-order valence-corrected chi connectivity index (χ0v) is 25.9. The number of unbranched alkanes of at least 4 members (excludes halogenated alkanes) is 1. The maximum absolute atomic E-state index is 14.4. The van der Waals surface area contributed by atoms with E-state index in [2.05, 4.69) is 26.8 Å². The van der Waals surface area contributed by atoms with Crippen LogP contribution in [0.25, 0.3) is 0 Å². The van der Waals surface area contributed by atoms with Crippen LogP contribution in [0.3, 0.4) is 0 Å². The SMILES string of the molecule is COc1ccc(COC(=O)C23CC(C=C2C(C)C)CC3(C=O)C2CC(OC(C)=O)C(C)C2CCCCOC(C)=O)cc1. The molecule has 2 fully saturated rings. The minimum Gasteiger partial charge on any atom is -0.497 e. The largest absolute Gasteiger partial charge is 0.497 e. The Labute approximate surface area is 249 Å². The number of fused-ring (bicyclic) bond motifs is 2. The van der Waals surface area contributed by atoms with E-state index in [0.29, 0.717) is 32.3 Å². The van der Waals surface area contributed by atoms with Crippen LogP contribution in [0.2, 0.25) is 0 Å². The number of ether oxygens (including phenoxy) is 4. The van der Waals surface area contributed by atoms with Gasteiger partial charge in [0.1, 0.15) is 30.2 Å². The van der Waals surface area contributed by atoms with Crippen LogP contribution in [-0.4, -0.2) is 44.0 Å². The first-order valence-electron chi connectivity index (χ1n) is 15.3. The first kappa shape index (κ1) is 31.8. The number of methoxy groups -OCH3 is 1. The van der Waals surface area contributed by atoms with Crippen LogP contribution in [0.4, 0.5) is 0 Å². The van der Waals surface area contributed by atoms with Crippen molar-refractivity contribution in [1.29, 1.82) is 0 Å². The van der Waals surface area contributed by atoms with Gasteiger partial charge in [-0.05, 0) is 85.8 Å². The van der Waals surface area contributed by atoms with Crippen molar-refractivity contribution >= 4 is 24.2 Å². The van der Waals surface area contributed by atoms with Crippen molar-refractivity contribution in [1.82, 2.24) is 0 Å². The Balaban J connectivity index is 1.67. The maximum Gasteiger partial charge on any atom is 0.317 e. The number of hydrogen-bond donors (Lipinski definition) is 0. The molecule has 3 aliphatic rings. The van der Waals surface area contributed by atoms with E-state index in [1.54, 1.807) is 7.11 Å². The summed E-state index contributed by atoms with van der Waals surface area (Å²) in [6, 6.07) is 7.41. The third kappa shape index (κ3) is 5.86. The van der Waals surface area contributed by atoms with Gasteiger partial charge >= 0.3 is 17.9 Å². The Morgan fingerprint density at radius 2 is 1.74 bits per heavy atom. The number of benzene rings is 1. The number of allylic oxidation sites excluding steroid dienone is 1. The number of esters is 3. The van der Waals surface area contributed by atoms with Crippen LogP contribution in [0, 0.1) is 40.4 Å². The van der Waals surface area contributed by atoms with E-state index >= 15 is 0 Å². The molecule has 0 saturated heterocycles. The molecule has 8 heteroatoms. The Kier molecular flexibility index (Phi) is 9.84. The van der Waals surface area contributed by atoms with Crippen molar-refractivity contribution in [3.05, 3.63) is 41.5 Å². The second kappa shape index (κ2) is 13.0. The van der Waals surface area contributed by atoms with Crippen LogP contribution >= 0.6 is 0 Å². The Morgan fingerprint density at radius 1 is 1.02 bits per heavy atom. The van der Waals surface area contributed by atoms with Gasteiger partial charge in [-0.15, -0.1) is 0 Å². The smallest absolute Gasteiger partial charge is 0.317 e. The fraction of sp³-hybridized carbons (Fsp3) is 0.647. The van der Waals surface area contributed by atoms with Gasteiger partial charge in [0, 0.05) is 19.3 Å². The van der Waals surface area contributed by atoms with Crippen molar-refractivity contribution in [2.24, 2.45) is 40.4 Å². The van der Waals surface area contributed by atoms with E-state index in [0.717, 1.165) is 36.0 Å². The molecule has 0 spiro atoms. The van der Waals surface area contributed by atoms with Crippen molar-refractivity contribution in [2.45, 2.75) is 85.9 Å². The maximum atomic E-state index is 14.4.